The van der Waals surface area contributed by atoms with Crippen LogP contribution in [0.4, 0.5) is 0 Å². The summed E-state index contributed by atoms with van der Waals surface area (Å²) in [6, 6.07) is 11.6. The summed E-state index contributed by atoms with van der Waals surface area (Å²) in [6.07, 6.45) is 0. The number of nitrogens with zero attached hydrogens (tertiary/aromatic N) is 2. The first-order valence-electron chi connectivity index (χ1n) is 7.81. The summed E-state index contributed by atoms with van der Waals surface area (Å²) < 4.78 is 12.6. The molecule has 24 heavy (non-hydrogen) atoms. The number of aryl methyl sites for hydroxylation is 4. The van der Waals surface area contributed by atoms with Gasteiger partial charge in [0.15, 0.2) is 0 Å². The molecule has 0 fully saturated rings. The van der Waals surface area contributed by atoms with Gasteiger partial charge in [0, 0.05) is 17.1 Å². The van der Waals surface area contributed by atoms with Gasteiger partial charge >= 0.3 is 5.97 Å². The van der Waals surface area contributed by atoms with E-state index in [1.807, 2.05) is 19.1 Å². The third-order valence-corrected chi connectivity index (χ3v) is 4.16. The summed E-state index contributed by atoms with van der Waals surface area (Å²) in [5.41, 5.74) is 5.42. The van der Waals surface area contributed by atoms with E-state index in [1.54, 1.807) is 19.1 Å². The largest absolute Gasteiger partial charge is 0.457 e. The highest BCUT2D eigenvalue weighted by atomic mass is 16.5. The normalized spacial score (nSPS) is 10.8. The van der Waals surface area contributed by atoms with Gasteiger partial charge in [-0.05, 0) is 64.1 Å². The highest BCUT2D eigenvalue weighted by Gasteiger charge is 2.13. The Bertz CT molecular complexity index is 834. The Balaban J connectivity index is 1.73. The second-order valence-corrected chi connectivity index (χ2v) is 5.88. The van der Waals surface area contributed by atoms with Crippen molar-refractivity contribution in [3.63, 3.8) is 0 Å². The molecule has 0 bridgehead atoms. The molecule has 0 saturated carbocycles. The van der Waals surface area contributed by atoms with Gasteiger partial charge in [0.2, 0.25) is 0 Å². The summed E-state index contributed by atoms with van der Waals surface area (Å²) >= 11 is 0. The van der Waals surface area contributed by atoms with Crippen LogP contribution in [0.2, 0.25) is 0 Å². The standard InChI is InChI=1S/C19H20N2O3/c1-12-5-6-13(2)21(12)17-9-7-16(8-10-17)19(22)23-11-18-14(3)20-24-15(18)4/h5-10H,11H2,1-4H3. The lowest BCUT2D eigenvalue weighted by atomic mass is 10.2. The zero-order chi connectivity index (χ0) is 17.3. The lowest BCUT2D eigenvalue weighted by molar-refractivity contribution is 0.0471. The Hall–Kier alpha value is -2.82. The fourth-order valence-corrected chi connectivity index (χ4v) is 2.75. The minimum Gasteiger partial charge on any atom is -0.457 e. The molecule has 3 aromatic rings. The fourth-order valence-electron chi connectivity index (χ4n) is 2.75. The van der Waals surface area contributed by atoms with Gasteiger partial charge in [0.25, 0.3) is 0 Å². The first-order valence-corrected chi connectivity index (χ1v) is 7.81. The highest BCUT2D eigenvalue weighted by molar-refractivity contribution is 5.89. The van der Waals surface area contributed by atoms with Gasteiger partial charge in [-0.1, -0.05) is 5.16 Å². The Morgan fingerprint density at radius 3 is 2.21 bits per heavy atom. The molecular weight excluding hydrogens is 304 g/mol. The van der Waals surface area contributed by atoms with Crippen LogP contribution in [0.3, 0.4) is 0 Å². The summed E-state index contributed by atoms with van der Waals surface area (Å²) in [7, 11) is 0. The molecule has 0 aliphatic heterocycles. The van der Waals surface area contributed by atoms with Crippen molar-refractivity contribution in [3.8, 4) is 5.69 Å². The molecule has 0 radical (unpaired) electrons. The van der Waals surface area contributed by atoms with Crippen LogP contribution in [-0.2, 0) is 11.3 Å². The molecule has 0 amide bonds. The lowest BCUT2D eigenvalue weighted by Crippen LogP contribution is -2.07. The molecule has 3 rings (SSSR count). The van der Waals surface area contributed by atoms with E-state index in [2.05, 4.69) is 35.7 Å². The van der Waals surface area contributed by atoms with E-state index in [4.69, 9.17) is 9.26 Å². The maximum atomic E-state index is 12.2. The van der Waals surface area contributed by atoms with Crippen LogP contribution < -0.4 is 0 Å². The molecule has 0 N–H and O–H groups in total. The van der Waals surface area contributed by atoms with Crippen molar-refractivity contribution in [2.24, 2.45) is 0 Å². The molecule has 124 valence electrons. The first-order chi connectivity index (χ1) is 11.5. The quantitative estimate of drug-likeness (QED) is 0.679. The first kappa shape index (κ1) is 16.1. The van der Waals surface area contributed by atoms with Crippen molar-refractivity contribution in [1.82, 2.24) is 9.72 Å². The minimum atomic E-state index is -0.359. The number of hydrogen-bond acceptors (Lipinski definition) is 4. The van der Waals surface area contributed by atoms with Crippen LogP contribution in [0.25, 0.3) is 5.69 Å². The van der Waals surface area contributed by atoms with Crippen molar-refractivity contribution < 1.29 is 14.1 Å². The minimum absolute atomic E-state index is 0.164. The Labute approximate surface area is 140 Å². The predicted molar refractivity (Wildman–Crippen MR) is 90.3 cm³/mol. The van der Waals surface area contributed by atoms with Crippen LogP contribution in [0.5, 0.6) is 0 Å². The average Bonchev–Trinajstić information content (AvgIpc) is 3.07. The van der Waals surface area contributed by atoms with Gasteiger partial charge in [-0.15, -0.1) is 0 Å². The number of aromatic nitrogens is 2. The highest BCUT2D eigenvalue weighted by Crippen LogP contribution is 2.18. The topological polar surface area (TPSA) is 57.3 Å². The number of esters is 1. The van der Waals surface area contributed by atoms with Crippen LogP contribution in [0.1, 0.15) is 38.8 Å². The Morgan fingerprint density at radius 2 is 1.67 bits per heavy atom. The predicted octanol–water partition coefficient (Wildman–Crippen LogP) is 4.06. The van der Waals surface area contributed by atoms with Crippen molar-refractivity contribution >= 4 is 5.97 Å². The number of ether oxygens (including phenoxy) is 1. The molecule has 0 unspecified atom stereocenters. The van der Waals surface area contributed by atoms with E-state index in [1.165, 1.54) is 0 Å². The molecule has 0 aliphatic rings. The molecule has 5 nitrogen and oxygen atoms in total. The van der Waals surface area contributed by atoms with Gasteiger partial charge in [0.05, 0.1) is 16.8 Å². The van der Waals surface area contributed by atoms with E-state index in [-0.39, 0.29) is 12.6 Å². The fraction of sp³-hybridized carbons (Fsp3) is 0.263. The van der Waals surface area contributed by atoms with Crippen LogP contribution in [0.15, 0.2) is 40.9 Å². The number of carbonyl (C=O) groups excluding carboxylic acids is 1. The molecule has 0 atom stereocenters. The molecule has 1 aromatic carbocycles. The zero-order valence-electron chi connectivity index (χ0n) is 14.3. The Kier molecular flexibility index (Phi) is 4.25. The van der Waals surface area contributed by atoms with Crippen molar-refractivity contribution in [3.05, 3.63) is 70.4 Å². The zero-order valence-corrected chi connectivity index (χ0v) is 14.3. The Morgan fingerprint density at radius 1 is 1.04 bits per heavy atom. The number of hydrogen-bond donors (Lipinski definition) is 0. The summed E-state index contributed by atoms with van der Waals surface area (Å²) in [4.78, 5) is 12.2. The van der Waals surface area contributed by atoms with Gasteiger partial charge in [-0.25, -0.2) is 4.79 Å². The SMILES string of the molecule is Cc1noc(C)c1COC(=O)c1ccc(-n2c(C)ccc2C)cc1. The van der Waals surface area contributed by atoms with Gasteiger partial charge in [-0.2, -0.15) is 0 Å². The second kappa shape index (κ2) is 6.35. The van der Waals surface area contributed by atoms with Crippen LogP contribution in [-0.4, -0.2) is 15.7 Å². The summed E-state index contributed by atoms with van der Waals surface area (Å²) in [5.74, 6) is 0.316. The molecule has 2 heterocycles. The van der Waals surface area contributed by atoms with E-state index in [9.17, 15) is 4.79 Å². The molecule has 5 heteroatoms. The van der Waals surface area contributed by atoms with Crippen molar-refractivity contribution in [2.75, 3.05) is 0 Å². The van der Waals surface area contributed by atoms with Gasteiger partial charge in [0.1, 0.15) is 12.4 Å². The van der Waals surface area contributed by atoms with E-state index in [0.717, 1.165) is 28.3 Å². The third kappa shape index (κ3) is 2.97. The smallest absolute Gasteiger partial charge is 0.338 e. The number of benzene rings is 1. The molecule has 0 saturated heterocycles. The van der Waals surface area contributed by atoms with E-state index >= 15 is 0 Å². The number of carbonyl (C=O) groups is 1. The van der Waals surface area contributed by atoms with Crippen LogP contribution >= 0.6 is 0 Å². The molecule has 0 aliphatic carbocycles. The molecule has 2 aromatic heterocycles. The maximum Gasteiger partial charge on any atom is 0.338 e. The van der Waals surface area contributed by atoms with Crippen LogP contribution in [0, 0.1) is 27.7 Å². The summed E-state index contributed by atoms with van der Waals surface area (Å²) in [5, 5.41) is 3.85. The van der Waals surface area contributed by atoms with Crippen molar-refractivity contribution in [2.45, 2.75) is 34.3 Å². The lowest BCUT2D eigenvalue weighted by Gasteiger charge is -2.10. The average molecular weight is 324 g/mol. The number of rotatable bonds is 4. The van der Waals surface area contributed by atoms with Gasteiger partial charge in [-0.3, -0.25) is 0 Å². The maximum absolute atomic E-state index is 12.2. The monoisotopic (exact) mass is 324 g/mol. The molecule has 0 spiro atoms. The van der Waals surface area contributed by atoms with E-state index < -0.39 is 0 Å². The molecular formula is C19H20N2O3. The van der Waals surface area contributed by atoms with Gasteiger partial charge < -0.3 is 13.8 Å². The second-order valence-electron chi connectivity index (χ2n) is 5.88. The third-order valence-electron chi connectivity index (χ3n) is 4.16. The summed E-state index contributed by atoms with van der Waals surface area (Å²) in [6.45, 7) is 7.91. The van der Waals surface area contributed by atoms with E-state index in [0.29, 0.717) is 11.3 Å². The van der Waals surface area contributed by atoms with Crippen molar-refractivity contribution in [1.29, 1.82) is 0 Å².